The molecule has 1 saturated heterocycles. The first kappa shape index (κ1) is 17.6. The van der Waals surface area contributed by atoms with Crippen molar-refractivity contribution in [2.24, 2.45) is 11.6 Å². The van der Waals surface area contributed by atoms with Crippen molar-refractivity contribution < 1.29 is 13.9 Å². The van der Waals surface area contributed by atoms with Crippen molar-refractivity contribution in [2.45, 2.75) is 25.2 Å². The van der Waals surface area contributed by atoms with Gasteiger partial charge in [0, 0.05) is 31.6 Å². The van der Waals surface area contributed by atoms with E-state index in [4.69, 9.17) is 11.6 Å². The van der Waals surface area contributed by atoms with Crippen LogP contribution in [0.2, 0.25) is 0 Å². The molecule has 2 rings (SSSR count). The minimum atomic E-state index is -2.71. The van der Waals surface area contributed by atoms with Crippen LogP contribution >= 0.6 is 0 Å². The first-order chi connectivity index (χ1) is 10.7. The normalized spacial score (nSPS) is 21.7. The van der Waals surface area contributed by atoms with Crippen LogP contribution in [0.3, 0.4) is 0 Å². The molecule has 1 aromatic rings. The summed E-state index contributed by atoms with van der Waals surface area (Å²) >= 11 is 0. The van der Waals surface area contributed by atoms with Gasteiger partial charge in [0.15, 0.2) is 0 Å². The van der Waals surface area contributed by atoms with Gasteiger partial charge in [-0.15, -0.1) is 0 Å². The number of hydrazine groups is 1. The van der Waals surface area contributed by atoms with Crippen LogP contribution in [0, 0.1) is 6.92 Å². The van der Waals surface area contributed by atoms with Crippen molar-refractivity contribution >= 4 is 5.70 Å². The van der Waals surface area contributed by atoms with Gasteiger partial charge in [-0.1, -0.05) is 6.07 Å². The summed E-state index contributed by atoms with van der Waals surface area (Å²) in [6.07, 6.45) is -0.194. The van der Waals surface area contributed by atoms with E-state index in [-0.39, 0.29) is 31.2 Å². The maximum Gasteiger partial charge on any atom is 0.260 e. The third-order valence-corrected chi connectivity index (χ3v) is 4.05. The number of piperidine rings is 1. The van der Waals surface area contributed by atoms with Gasteiger partial charge in [0.05, 0.1) is 30.2 Å². The Morgan fingerprint density at radius 3 is 2.74 bits per heavy atom. The zero-order valence-corrected chi connectivity index (χ0v) is 13.3. The van der Waals surface area contributed by atoms with Gasteiger partial charge in [-0.05, 0) is 18.6 Å². The Balaban J connectivity index is 2.31. The average molecular weight is 327 g/mol. The number of aliphatic hydroxyl groups excluding tert-OH is 1. The van der Waals surface area contributed by atoms with Crippen molar-refractivity contribution in [1.29, 1.82) is 0 Å². The number of hydrogen-bond donors (Lipinski definition) is 4. The molecule has 0 saturated carbocycles. The van der Waals surface area contributed by atoms with Crippen LogP contribution in [-0.2, 0) is 0 Å². The van der Waals surface area contributed by atoms with Crippen molar-refractivity contribution in [3.63, 3.8) is 0 Å². The van der Waals surface area contributed by atoms with Crippen LogP contribution in [0.15, 0.2) is 17.8 Å². The second kappa shape index (κ2) is 6.77. The fourth-order valence-electron chi connectivity index (χ4n) is 2.84. The highest BCUT2D eigenvalue weighted by atomic mass is 19.3. The lowest BCUT2D eigenvalue weighted by molar-refractivity contribution is -0.0278. The molecule has 2 heterocycles. The minimum Gasteiger partial charge on any atom is -0.395 e. The Hall–Kier alpha value is -1.77. The topological polar surface area (TPSA) is 100 Å². The molecule has 1 aliphatic heterocycles. The van der Waals surface area contributed by atoms with E-state index in [2.05, 4.69) is 10.3 Å². The number of pyridine rings is 1. The largest absolute Gasteiger partial charge is 0.395 e. The Morgan fingerprint density at radius 2 is 2.22 bits per heavy atom. The summed E-state index contributed by atoms with van der Waals surface area (Å²) < 4.78 is 27.1. The van der Waals surface area contributed by atoms with E-state index in [9.17, 15) is 13.9 Å². The highest BCUT2D eigenvalue weighted by Gasteiger charge is 2.37. The number of aryl methyl sites for hydroxylation is 1. The van der Waals surface area contributed by atoms with Gasteiger partial charge in [-0.2, -0.15) is 0 Å². The second-order valence-electron chi connectivity index (χ2n) is 5.89. The summed E-state index contributed by atoms with van der Waals surface area (Å²) in [5, 5.41) is 13.3. The molecule has 1 aliphatic rings. The van der Waals surface area contributed by atoms with Gasteiger partial charge in [-0.3, -0.25) is 4.98 Å². The average Bonchev–Trinajstić information content (AvgIpc) is 2.46. The number of nitrogens with two attached hydrogens (primary N) is 2. The highest BCUT2D eigenvalue weighted by molar-refractivity contribution is 5.63. The zero-order chi connectivity index (χ0) is 17.2. The number of aromatic nitrogens is 1. The number of nitrogens with zero attached hydrogens (tertiary/aromatic N) is 2. The van der Waals surface area contributed by atoms with Crippen molar-refractivity contribution in [2.75, 3.05) is 26.7 Å². The fraction of sp³-hybridized carbons (Fsp3) is 0.533. The zero-order valence-electron chi connectivity index (χ0n) is 13.3. The summed E-state index contributed by atoms with van der Waals surface area (Å²) in [4.78, 5) is 4.40. The van der Waals surface area contributed by atoms with Gasteiger partial charge in [-0.25, -0.2) is 14.6 Å². The van der Waals surface area contributed by atoms with E-state index < -0.39 is 5.92 Å². The third-order valence-electron chi connectivity index (χ3n) is 4.05. The standard InChI is InChI=1S/C15H23F2N5O/c1-9-11(10-5-15(16,17)8-20-6-10)3-4-12(21-9)14(18)13(7-23)22(2)19/h3-4,10,20,23H,5-8,18-19H2,1-2H3/b14-13-. The molecule has 0 aromatic carbocycles. The Labute approximate surface area is 134 Å². The van der Waals surface area contributed by atoms with Gasteiger partial charge in [0.2, 0.25) is 0 Å². The smallest absolute Gasteiger partial charge is 0.260 e. The third kappa shape index (κ3) is 3.95. The number of likely N-dealkylation sites (N-methyl/N-ethyl adjacent to an activating group) is 1. The predicted molar refractivity (Wildman–Crippen MR) is 84.3 cm³/mol. The monoisotopic (exact) mass is 327 g/mol. The van der Waals surface area contributed by atoms with E-state index in [0.29, 0.717) is 23.6 Å². The highest BCUT2D eigenvalue weighted by Crippen LogP contribution is 2.33. The summed E-state index contributed by atoms with van der Waals surface area (Å²) in [7, 11) is 1.56. The van der Waals surface area contributed by atoms with Crippen LogP contribution in [0.1, 0.15) is 29.3 Å². The lowest BCUT2D eigenvalue weighted by Crippen LogP contribution is -2.43. The van der Waals surface area contributed by atoms with Gasteiger partial charge in [0.25, 0.3) is 5.92 Å². The SMILES string of the molecule is Cc1nc(/C(N)=C(\CO)N(C)N)ccc1C1CNCC(F)(F)C1. The number of halogens is 2. The molecule has 1 fully saturated rings. The first-order valence-electron chi connectivity index (χ1n) is 7.39. The fourth-order valence-corrected chi connectivity index (χ4v) is 2.84. The van der Waals surface area contributed by atoms with Crippen LogP contribution in [0.4, 0.5) is 8.78 Å². The molecule has 128 valence electrons. The maximum atomic E-state index is 13.6. The predicted octanol–water partition coefficient (Wildman–Crippen LogP) is 0.527. The summed E-state index contributed by atoms with van der Waals surface area (Å²) in [5.41, 5.74) is 8.48. The van der Waals surface area contributed by atoms with E-state index in [1.807, 2.05) is 0 Å². The number of hydrogen-bond acceptors (Lipinski definition) is 6. The Morgan fingerprint density at radius 1 is 1.52 bits per heavy atom. The van der Waals surface area contributed by atoms with Crippen molar-refractivity contribution in [3.05, 3.63) is 34.8 Å². The molecule has 1 aromatic heterocycles. The van der Waals surface area contributed by atoms with E-state index in [1.165, 1.54) is 5.01 Å². The number of alkyl halides is 2. The summed E-state index contributed by atoms with van der Waals surface area (Å²) in [6, 6.07) is 3.44. The molecule has 0 spiro atoms. The van der Waals surface area contributed by atoms with Crippen molar-refractivity contribution in [1.82, 2.24) is 15.3 Å². The van der Waals surface area contributed by atoms with Crippen LogP contribution in [0.5, 0.6) is 0 Å². The lowest BCUT2D eigenvalue weighted by Gasteiger charge is -2.30. The summed E-state index contributed by atoms with van der Waals surface area (Å²) in [6.45, 7) is 1.66. The molecule has 0 aliphatic carbocycles. The van der Waals surface area contributed by atoms with Crippen LogP contribution in [-0.4, -0.2) is 47.8 Å². The molecule has 0 bridgehead atoms. The molecular weight excluding hydrogens is 304 g/mol. The molecule has 6 nitrogen and oxygen atoms in total. The van der Waals surface area contributed by atoms with Gasteiger partial charge in [0.1, 0.15) is 0 Å². The number of aliphatic hydroxyl groups is 1. The lowest BCUT2D eigenvalue weighted by atomic mass is 9.88. The molecular formula is C15H23F2N5O. The molecule has 0 amide bonds. The van der Waals surface area contributed by atoms with Crippen molar-refractivity contribution in [3.8, 4) is 0 Å². The number of nitrogens with one attached hydrogen (secondary N) is 1. The van der Waals surface area contributed by atoms with Gasteiger partial charge < -0.3 is 21.2 Å². The number of rotatable bonds is 4. The van der Waals surface area contributed by atoms with E-state index in [0.717, 1.165) is 5.56 Å². The molecule has 1 unspecified atom stereocenters. The molecule has 23 heavy (non-hydrogen) atoms. The molecule has 1 atom stereocenters. The van der Waals surface area contributed by atoms with Crippen LogP contribution in [0.25, 0.3) is 5.70 Å². The summed E-state index contributed by atoms with van der Waals surface area (Å²) in [5.74, 6) is 2.62. The van der Waals surface area contributed by atoms with E-state index in [1.54, 1.807) is 26.1 Å². The van der Waals surface area contributed by atoms with Gasteiger partial charge >= 0.3 is 0 Å². The minimum absolute atomic E-state index is 0.194. The Kier molecular flexibility index (Phi) is 5.18. The second-order valence-corrected chi connectivity index (χ2v) is 5.89. The quantitative estimate of drug-likeness (QED) is 0.475. The Bertz CT molecular complexity index is 604. The molecule has 6 N–H and O–H groups in total. The maximum absolute atomic E-state index is 13.6. The molecule has 0 radical (unpaired) electrons. The van der Waals surface area contributed by atoms with Crippen LogP contribution < -0.4 is 16.9 Å². The molecule has 8 heteroatoms. The van der Waals surface area contributed by atoms with E-state index >= 15 is 0 Å². The first-order valence-corrected chi connectivity index (χ1v) is 7.39.